The number of ether oxygens (including phenoxy) is 3. The highest BCUT2D eigenvalue weighted by molar-refractivity contribution is 6.21. The molecule has 0 aromatic heterocycles. The van der Waals surface area contributed by atoms with Crippen LogP contribution in [0.4, 0.5) is 0 Å². The van der Waals surface area contributed by atoms with E-state index in [1.54, 1.807) is 12.3 Å². The lowest BCUT2D eigenvalue weighted by molar-refractivity contribution is -0.140. The minimum absolute atomic E-state index is 0.0571. The number of methoxy groups -OCH3 is 1. The molecule has 1 saturated carbocycles. The van der Waals surface area contributed by atoms with Crippen molar-refractivity contribution in [2.24, 2.45) is 11.8 Å². The van der Waals surface area contributed by atoms with Crippen LogP contribution in [0, 0.1) is 11.8 Å². The van der Waals surface area contributed by atoms with Crippen LogP contribution in [-0.4, -0.2) is 37.1 Å². The van der Waals surface area contributed by atoms with Gasteiger partial charge in [0.1, 0.15) is 6.29 Å². The second kappa shape index (κ2) is 10.6. The number of hydrogen-bond acceptors (Lipinski definition) is 5. The fraction of sp³-hybridized carbons (Fsp3) is 0.684. The topological polar surface area (TPSA) is 61.8 Å². The molecule has 0 bridgehead atoms. The maximum Gasteiger partial charge on any atom is 0.305 e. The van der Waals surface area contributed by atoms with Crippen molar-refractivity contribution < 1.29 is 23.8 Å². The molecule has 0 radical (unpaired) electrons. The lowest BCUT2D eigenvalue weighted by Gasteiger charge is -2.24. The molecule has 6 heteroatoms. The molecule has 2 aliphatic rings. The Morgan fingerprint density at radius 2 is 2.08 bits per heavy atom. The predicted octanol–water partition coefficient (Wildman–Crippen LogP) is 3.75. The van der Waals surface area contributed by atoms with Crippen molar-refractivity contribution in [2.75, 3.05) is 7.11 Å². The number of esters is 1. The van der Waals surface area contributed by atoms with Gasteiger partial charge < -0.3 is 19.0 Å². The number of alkyl halides is 1. The third kappa shape index (κ3) is 6.15. The molecule has 5 nitrogen and oxygen atoms in total. The molecule has 5 atom stereocenters. The van der Waals surface area contributed by atoms with Gasteiger partial charge in [0.05, 0.1) is 19.5 Å². The Labute approximate surface area is 154 Å². The summed E-state index contributed by atoms with van der Waals surface area (Å²) in [6.45, 7) is 0. The van der Waals surface area contributed by atoms with Crippen LogP contribution in [0.15, 0.2) is 24.5 Å². The van der Waals surface area contributed by atoms with Gasteiger partial charge in [-0.15, -0.1) is 11.6 Å². The molecule has 0 aromatic rings. The highest BCUT2D eigenvalue weighted by atomic mass is 35.5. The summed E-state index contributed by atoms with van der Waals surface area (Å²) in [7, 11) is 1.41. The number of halogens is 1. The average molecular weight is 371 g/mol. The summed E-state index contributed by atoms with van der Waals surface area (Å²) in [6.07, 6.45) is 13.3. The van der Waals surface area contributed by atoms with Gasteiger partial charge in [-0.2, -0.15) is 0 Å². The third-order valence-electron chi connectivity index (χ3n) is 4.88. The Hall–Kier alpha value is -1.33. The number of carbonyl (C=O) groups excluding carboxylic acids is 2. The van der Waals surface area contributed by atoms with E-state index in [4.69, 9.17) is 21.1 Å². The molecule has 0 aromatic carbocycles. The Kier molecular flexibility index (Phi) is 8.49. The molecular formula is C19H27ClO5. The molecule has 1 fully saturated rings. The van der Waals surface area contributed by atoms with Crippen LogP contribution in [0.5, 0.6) is 0 Å². The van der Waals surface area contributed by atoms with Crippen LogP contribution in [0.25, 0.3) is 0 Å². The Balaban J connectivity index is 1.72. The fourth-order valence-electron chi connectivity index (χ4n) is 3.50. The first-order valence-corrected chi connectivity index (χ1v) is 9.39. The van der Waals surface area contributed by atoms with E-state index in [-0.39, 0.29) is 29.3 Å². The summed E-state index contributed by atoms with van der Waals surface area (Å²) < 4.78 is 15.9. The molecule has 0 saturated heterocycles. The molecular weight excluding hydrogens is 344 g/mol. The first kappa shape index (κ1) is 20.0. The van der Waals surface area contributed by atoms with Crippen molar-refractivity contribution in [3.63, 3.8) is 0 Å². The minimum atomic E-state index is -0.446. The highest BCUT2D eigenvalue weighted by Crippen LogP contribution is 2.40. The van der Waals surface area contributed by atoms with Crippen LogP contribution >= 0.6 is 11.6 Å². The summed E-state index contributed by atoms with van der Waals surface area (Å²) in [4.78, 5) is 22.7. The fourth-order valence-corrected chi connectivity index (χ4v) is 3.97. The molecule has 1 unspecified atom stereocenters. The van der Waals surface area contributed by atoms with Crippen molar-refractivity contribution >= 4 is 23.9 Å². The first-order chi connectivity index (χ1) is 12.2. The van der Waals surface area contributed by atoms with Gasteiger partial charge in [-0.25, -0.2) is 0 Å². The first-order valence-electron chi connectivity index (χ1n) is 8.96. The molecule has 0 spiro atoms. The van der Waals surface area contributed by atoms with Crippen molar-refractivity contribution in [1.29, 1.82) is 0 Å². The average Bonchev–Trinajstić information content (AvgIpc) is 2.92. The summed E-state index contributed by atoms with van der Waals surface area (Å²) in [6, 6.07) is 0. The van der Waals surface area contributed by atoms with Crippen LogP contribution in [0.3, 0.4) is 0 Å². The normalized spacial score (nSPS) is 30.9. The summed E-state index contributed by atoms with van der Waals surface area (Å²) in [5, 5.41) is -0.0571. The van der Waals surface area contributed by atoms with E-state index in [1.165, 1.54) is 7.11 Å². The Bertz CT molecular complexity index is 490. The van der Waals surface area contributed by atoms with Crippen LogP contribution in [0.2, 0.25) is 0 Å². The van der Waals surface area contributed by atoms with Crippen molar-refractivity contribution in [2.45, 2.75) is 62.7 Å². The molecule has 140 valence electrons. The van der Waals surface area contributed by atoms with Crippen molar-refractivity contribution in [1.82, 2.24) is 0 Å². The maximum atomic E-state index is 11.6. The van der Waals surface area contributed by atoms with Gasteiger partial charge in [0.25, 0.3) is 0 Å². The van der Waals surface area contributed by atoms with Crippen molar-refractivity contribution in [3.8, 4) is 0 Å². The van der Waals surface area contributed by atoms with Gasteiger partial charge in [-0.1, -0.05) is 25.3 Å². The molecule has 2 rings (SSSR count). The summed E-state index contributed by atoms with van der Waals surface area (Å²) in [5.74, 6) is -0.222. The van der Waals surface area contributed by atoms with E-state index in [0.717, 1.165) is 38.4 Å². The van der Waals surface area contributed by atoms with Gasteiger partial charge in [0.15, 0.2) is 0 Å². The Morgan fingerprint density at radius 1 is 1.28 bits per heavy atom. The SMILES string of the molecule is COC(=O)CCCCCC[C@H]1C(C=O)[C@@H](O[C@H]2C=CC=CO2)C[C@@H]1Cl. The maximum absolute atomic E-state index is 11.6. The standard InChI is InChI=1S/C19H27ClO5/c1-23-18(22)9-5-3-2-4-8-14-15(13-21)17(12-16(14)20)25-19-10-6-7-11-24-19/h6-7,10-11,13-17,19H,2-5,8-9,12H2,1H3/t14-,15?,16-,17-,19-/m0/s1. The molecule has 1 aliphatic carbocycles. The van der Waals surface area contributed by atoms with Gasteiger partial charge in [0.2, 0.25) is 6.29 Å². The van der Waals surface area contributed by atoms with Gasteiger partial charge in [-0.05, 0) is 37.3 Å². The zero-order valence-electron chi connectivity index (χ0n) is 14.6. The number of hydrogen-bond donors (Lipinski definition) is 0. The molecule has 0 N–H and O–H groups in total. The van der Waals surface area contributed by atoms with Gasteiger partial charge >= 0.3 is 5.97 Å². The third-order valence-corrected chi connectivity index (χ3v) is 5.38. The second-order valence-corrected chi connectivity index (χ2v) is 7.11. The number of unbranched alkanes of at least 4 members (excludes halogenated alkanes) is 3. The predicted molar refractivity (Wildman–Crippen MR) is 95.0 cm³/mol. The molecule has 1 aliphatic heterocycles. The lowest BCUT2D eigenvalue weighted by Crippen LogP contribution is -2.29. The van der Waals surface area contributed by atoms with E-state index >= 15 is 0 Å². The minimum Gasteiger partial charge on any atom is -0.469 e. The van der Waals surface area contributed by atoms with E-state index in [9.17, 15) is 9.59 Å². The largest absolute Gasteiger partial charge is 0.469 e. The number of carbonyl (C=O) groups is 2. The number of allylic oxidation sites excluding steroid dienone is 2. The Morgan fingerprint density at radius 3 is 2.76 bits per heavy atom. The van der Waals surface area contributed by atoms with Crippen LogP contribution in [0.1, 0.15) is 44.9 Å². The lowest BCUT2D eigenvalue weighted by atomic mass is 9.90. The second-order valence-electron chi connectivity index (χ2n) is 6.55. The van der Waals surface area contributed by atoms with Crippen LogP contribution < -0.4 is 0 Å². The van der Waals surface area contributed by atoms with E-state index < -0.39 is 6.29 Å². The zero-order valence-corrected chi connectivity index (χ0v) is 15.4. The smallest absolute Gasteiger partial charge is 0.305 e. The monoisotopic (exact) mass is 370 g/mol. The zero-order chi connectivity index (χ0) is 18.1. The van der Waals surface area contributed by atoms with E-state index in [1.807, 2.05) is 12.2 Å². The van der Waals surface area contributed by atoms with Gasteiger partial charge in [-0.3, -0.25) is 4.79 Å². The quantitative estimate of drug-likeness (QED) is 0.253. The number of aldehydes is 1. The van der Waals surface area contributed by atoms with E-state index in [2.05, 4.69) is 4.74 Å². The van der Waals surface area contributed by atoms with E-state index in [0.29, 0.717) is 12.8 Å². The van der Waals surface area contributed by atoms with Crippen LogP contribution in [-0.2, 0) is 23.8 Å². The molecule has 1 heterocycles. The highest BCUT2D eigenvalue weighted by Gasteiger charge is 2.43. The molecule has 25 heavy (non-hydrogen) atoms. The van der Waals surface area contributed by atoms with Gasteiger partial charge in [0, 0.05) is 17.7 Å². The molecule has 0 amide bonds. The number of rotatable bonds is 10. The summed E-state index contributed by atoms with van der Waals surface area (Å²) >= 11 is 6.49. The summed E-state index contributed by atoms with van der Waals surface area (Å²) in [5.41, 5.74) is 0. The van der Waals surface area contributed by atoms with Crippen molar-refractivity contribution in [3.05, 3.63) is 24.5 Å².